The van der Waals surface area contributed by atoms with Crippen molar-refractivity contribution in [2.75, 3.05) is 12.3 Å². The first kappa shape index (κ1) is 13.9. The number of carboxylic acid groups (broad SMARTS) is 1. The number of rotatable bonds is 5. The summed E-state index contributed by atoms with van der Waals surface area (Å²) in [5.74, 6) is 0.168. The Morgan fingerprint density at radius 3 is 2.74 bits per heavy atom. The van der Waals surface area contributed by atoms with Gasteiger partial charge in [0.2, 0.25) is 5.91 Å². The van der Waals surface area contributed by atoms with Crippen molar-refractivity contribution in [2.24, 2.45) is 0 Å². The average molecular weight is 279 g/mol. The van der Waals surface area contributed by atoms with Crippen molar-refractivity contribution in [3.63, 3.8) is 0 Å². The minimum Gasteiger partial charge on any atom is -0.480 e. The SMILES string of the molecule is O=C(O)[C@H]1CCCN1C(=O)CSCc1ccccc1. The zero-order valence-electron chi connectivity index (χ0n) is 10.6. The summed E-state index contributed by atoms with van der Waals surface area (Å²) in [5, 5.41) is 9.04. The van der Waals surface area contributed by atoms with Crippen molar-refractivity contribution >= 4 is 23.6 Å². The van der Waals surface area contributed by atoms with Gasteiger partial charge in [-0.25, -0.2) is 4.79 Å². The number of aliphatic carboxylic acids is 1. The van der Waals surface area contributed by atoms with Crippen LogP contribution in [0.15, 0.2) is 30.3 Å². The molecule has 1 saturated heterocycles. The van der Waals surface area contributed by atoms with Gasteiger partial charge in [0.15, 0.2) is 0 Å². The molecule has 1 N–H and O–H groups in total. The van der Waals surface area contributed by atoms with Crippen LogP contribution in [0.4, 0.5) is 0 Å². The second kappa shape index (κ2) is 6.61. The Hall–Kier alpha value is -1.49. The lowest BCUT2D eigenvalue weighted by molar-refractivity contribution is -0.147. The summed E-state index contributed by atoms with van der Waals surface area (Å²) in [6.45, 7) is 0.571. The van der Waals surface area contributed by atoms with Crippen LogP contribution in [0.5, 0.6) is 0 Å². The Balaban J connectivity index is 1.80. The second-order valence-corrected chi connectivity index (χ2v) is 5.55. The zero-order chi connectivity index (χ0) is 13.7. The molecule has 1 atom stereocenters. The quantitative estimate of drug-likeness (QED) is 0.895. The highest BCUT2D eigenvalue weighted by molar-refractivity contribution is 7.99. The Morgan fingerprint density at radius 1 is 1.32 bits per heavy atom. The highest BCUT2D eigenvalue weighted by atomic mass is 32.2. The summed E-state index contributed by atoms with van der Waals surface area (Å²) in [6, 6.07) is 9.32. The van der Waals surface area contributed by atoms with Crippen molar-refractivity contribution in [3.05, 3.63) is 35.9 Å². The first-order valence-corrected chi connectivity index (χ1v) is 7.48. The van der Waals surface area contributed by atoms with Gasteiger partial charge in [0.1, 0.15) is 6.04 Å². The van der Waals surface area contributed by atoms with Crippen molar-refractivity contribution in [3.8, 4) is 0 Å². The van der Waals surface area contributed by atoms with Crippen LogP contribution in [0.25, 0.3) is 0 Å². The summed E-state index contributed by atoms with van der Waals surface area (Å²) >= 11 is 1.53. The molecule has 1 aliphatic rings. The monoisotopic (exact) mass is 279 g/mol. The Labute approximate surface area is 116 Å². The molecule has 1 fully saturated rings. The minimum absolute atomic E-state index is 0.0640. The van der Waals surface area contributed by atoms with Gasteiger partial charge in [-0.1, -0.05) is 30.3 Å². The molecule has 0 radical (unpaired) electrons. The fraction of sp³-hybridized carbons (Fsp3) is 0.429. The Kier molecular flexibility index (Phi) is 4.85. The highest BCUT2D eigenvalue weighted by Gasteiger charge is 2.33. The van der Waals surface area contributed by atoms with Gasteiger partial charge in [-0.3, -0.25) is 4.79 Å². The van der Waals surface area contributed by atoms with Gasteiger partial charge in [0, 0.05) is 12.3 Å². The van der Waals surface area contributed by atoms with Crippen LogP contribution in [0, 0.1) is 0 Å². The number of hydrogen-bond donors (Lipinski definition) is 1. The van der Waals surface area contributed by atoms with E-state index in [9.17, 15) is 9.59 Å². The lowest BCUT2D eigenvalue weighted by Crippen LogP contribution is -2.41. The average Bonchev–Trinajstić information content (AvgIpc) is 2.89. The van der Waals surface area contributed by atoms with E-state index in [0.29, 0.717) is 18.7 Å². The van der Waals surface area contributed by atoms with Crippen molar-refractivity contribution in [1.82, 2.24) is 4.90 Å². The summed E-state index contributed by atoms with van der Waals surface area (Å²) in [5.41, 5.74) is 1.18. The van der Waals surface area contributed by atoms with E-state index >= 15 is 0 Å². The van der Waals surface area contributed by atoms with Crippen LogP contribution in [0.3, 0.4) is 0 Å². The van der Waals surface area contributed by atoms with Crippen LogP contribution < -0.4 is 0 Å². The van der Waals surface area contributed by atoms with E-state index in [-0.39, 0.29) is 5.91 Å². The van der Waals surface area contributed by atoms with Crippen LogP contribution in [0.2, 0.25) is 0 Å². The van der Waals surface area contributed by atoms with Crippen LogP contribution in [-0.4, -0.2) is 40.2 Å². The third kappa shape index (κ3) is 3.73. The lowest BCUT2D eigenvalue weighted by Gasteiger charge is -2.21. The number of carbonyl (C=O) groups excluding carboxylic acids is 1. The maximum absolute atomic E-state index is 12.0. The number of amides is 1. The van der Waals surface area contributed by atoms with E-state index in [0.717, 1.165) is 12.2 Å². The molecular formula is C14H17NO3S. The van der Waals surface area contributed by atoms with Gasteiger partial charge >= 0.3 is 5.97 Å². The number of hydrogen-bond acceptors (Lipinski definition) is 3. The molecule has 4 nitrogen and oxygen atoms in total. The van der Waals surface area contributed by atoms with Gasteiger partial charge in [-0.2, -0.15) is 0 Å². The van der Waals surface area contributed by atoms with E-state index in [1.807, 2.05) is 30.3 Å². The van der Waals surface area contributed by atoms with E-state index in [2.05, 4.69) is 0 Å². The Morgan fingerprint density at radius 2 is 2.05 bits per heavy atom. The summed E-state index contributed by atoms with van der Waals surface area (Å²) in [7, 11) is 0. The molecule has 1 aromatic rings. The maximum Gasteiger partial charge on any atom is 0.326 e. The predicted molar refractivity (Wildman–Crippen MR) is 75.0 cm³/mol. The number of carbonyl (C=O) groups is 2. The van der Waals surface area contributed by atoms with E-state index in [1.165, 1.54) is 22.2 Å². The third-order valence-electron chi connectivity index (χ3n) is 3.20. The molecule has 2 rings (SSSR count). The molecule has 102 valence electrons. The van der Waals surface area contributed by atoms with Crippen molar-refractivity contribution < 1.29 is 14.7 Å². The molecule has 0 bridgehead atoms. The molecule has 0 spiro atoms. The molecule has 19 heavy (non-hydrogen) atoms. The largest absolute Gasteiger partial charge is 0.480 e. The van der Waals surface area contributed by atoms with Gasteiger partial charge in [-0.15, -0.1) is 11.8 Å². The molecular weight excluding hydrogens is 262 g/mol. The van der Waals surface area contributed by atoms with Crippen LogP contribution in [-0.2, 0) is 15.3 Å². The summed E-state index contributed by atoms with van der Waals surface area (Å²) in [4.78, 5) is 24.5. The molecule has 1 aliphatic heterocycles. The zero-order valence-corrected chi connectivity index (χ0v) is 11.4. The lowest BCUT2D eigenvalue weighted by atomic mass is 10.2. The number of thioether (sulfide) groups is 1. The molecule has 1 amide bonds. The summed E-state index contributed by atoms with van der Waals surface area (Å²) in [6.07, 6.45) is 1.36. The molecule has 1 heterocycles. The first-order chi connectivity index (χ1) is 9.18. The smallest absolute Gasteiger partial charge is 0.326 e. The maximum atomic E-state index is 12.0. The van der Waals surface area contributed by atoms with Crippen LogP contribution >= 0.6 is 11.8 Å². The number of likely N-dealkylation sites (tertiary alicyclic amines) is 1. The van der Waals surface area contributed by atoms with E-state index in [4.69, 9.17) is 5.11 Å². The van der Waals surface area contributed by atoms with Crippen LogP contribution in [0.1, 0.15) is 18.4 Å². The summed E-state index contributed by atoms with van der Waals surface area (Å²) < 4.78 is 0. The normalized spacial score (nSPS) is 18.5. The van der Waals surface area contributed by atoms with E-state index in [1.54, 1.807) is 0 Å². The number of carboxylic acids is 1. The van der Waals surface area contributed by atoms with Gasteiger partial charge < -0.3 is 10.0 Å². The molecule has 0 aliphatic carbocycles. The fourth-order valence-corrected chi connectivity index (χ4v) is 3.11. The van der Waals surface area contributed by atoms with Gasteiger partial charge in [-0.05, 0) is 18.4 Å². The number of benzene rings is 1. The molecule has 0 unspecified atom stereocenters. The predicted octanol–water partition coefficient (Wildman–Crippen LogP) is 2.00. The van der Waals surface area contributed by atoms with Gasteiger partial charge in [0.05, 0.1) is 5.75 Å². The van der Waals surface area contributed by atoms with E-state index < -0.39 is 12.0 Å². The molecule has 5 heteroatoms. The second-order valence-electron chi connectivity index (χ2n) is 4.56. The number of nitrogens with zero attached hydrogens (tertiary/aromatic N) is 1. The molecule has 0 saturated carbocycles. The topological polar surface area (TPSA) is 57.6 Å². The standard InChI is InChI=1S/C14H17NO3S/c16-13(15-8-4-7-12(15)14(17)18)10-19-9-11-5-2-1-3-6-11/h1-3,5-6,12H,4,7-10H2,(H,17,18)/t12-/m1/s1. The van der Waals surface area contributed by atoms with Crippen molar-refractivity contribution in [1.29, 1.82) is 0 Å². The fourth-order valence-electron chi connectivity index (χ4n) is 2.24. The van der Waals surface area contributed by atoms with Crippen molar-refractivity contribution in [2.45, 2.75) is 24.6 Å². The molecule has 0 aromatic heterocycles. The molecule has 1 aromatic carbocycles. The van der Waals surface area contributed by atoms with Gasteiger partial charge in [0.25, 0.3) is 0 Å². The third-order valence-corrected chi connectivity index (χ3v) is 4.18. The highest BCUT2D eigenvalue weighted by Crippen LogP contribution is 2.20. The Bertz CT molecular complexity index is 449. The first-order valence-electron chi connectivity index (χ1n) is 6.32. The minimum atomic E-state index is -0.890.